The van der Waals surface area contributed by atoms with Crippen LogP contribution in [-0.2, 0) is 0 Å². The molecule has 2 aliphatic rings. The summed E-state index contributed by atoms with van der Waals surface area (Å²) < 4.78 is 0. The summed E-state index contributed by atoms with van der Waals surface area (Å²) in [6.45, 7) is 5.89. The van der Waals surface area contributed by atoms with E-state index in [0.717, 1.165) is 13.3 Å². The van der Waals surface area contributed by atoms with Gasteiger partial charge < -0.3 is 0 Å². The maximum absolute atomic E-state index is 3.41. The fourth-order valence-corrected chi connectivity index (χ4v) is 6.36. The van der Waals surface area contributed by atoms with Crippen LogP contribution in [0.4, 0.5) is 0 Å². The van der Waals surface area contributed by atoms with E-state index in [-0.39, 0.29) is 0 Å². The molecule has 0 amide bonds. The molecule has 2 heterocycles. The van der Waals surface area contributed by atoms with Gasteiger partial charge in [0.25, 0.3) is 0 Å². The molecule has 0 saturated carbocycles. The first kappa shape index (κ1) is 9.39. The average Bonchev–Trinajstić information content (AvgIpc) is 1.78. The summed E-state index contributed by atoms with van der Waals surface area (Å²) in [6.07, 6.45) is 2.60. The van der Waals surface area contributed by atoms with Crippen molar-refractivity contribution in [1.82, 2.24) is 14.7 Å². The molecule has 2 unspecified atom stereocenters. The second-order valence-electron chi connectivity index (χ2n) is 4.20. The molecule has 2 aliphatic heterocycles. The molecule has 5 heteroatoms. The van der Waals surface area contributed by atoms with E-state index in [0.29, 0.717) is 0 Å². The zero-order chi connectivity index (χ0) is 8.77. The van der Waals surface area contributed by atoms with Gasteiger partial charge in [0.05, 0.1) is 0 Å². The second-order valence-corrected chi connectivity index (χ2v) is 12.9. The fraction of sp³-hybridized carbons (Fsp3) is 1.00. The van der Waals surface area contributed by atoms with Gasteiger partial charge in [0, 0.05) is 0 Å². The van der Waals surface area contributed by atoms with E-state index in [2.05, 4.69) is 43.5 Å². The monoisotopic (exact) mass is 253 g/mol. The third-order valence-electron chi connectivity index (χ3n) is 2.28. The number of nitrogens with zero attached hydrogens (tertiary/aromatic N) is 3. The van der Waals surface area contributed by atoms with Crippen molar-refractivity contribution in [3.63, 3.8) is 0 Å². The van der Waals surface area contributed by atoms with E-state index < -0.39 is 5.51 Å². The van der Waals surface area contributed by atoms with Crippen molar-refractivity contribution in [3.8, 4) is 0 Å². The zero-order valence-corrected chi connectivity index (χ0v) is 10.3. The standard InChI is InChI=1S/C7H16N3PSe/c1-8-3-9-5-10(4-8)7-11(2,12)6-9/h3-7H2,1-2H3. The van der Waals surface area contributed by atoms with E-state index in [9.17, 15) is 0 Å². The first-order valence-electron chi connectivity index (χ1n) is 4.24. The van der Waals surface area contributed by atoms with Gasteiger partial charge in [-0.25, -0.2) is 0 Å². The number of hydrogen-bond acceptors (Lipinski definition) is 3. The van der Waals surface area contributed by atoms with Crippen molar-refractivity contribution in [1.29, 1.82) is 0 Å². The topological polar surface area (TPSA) is 9.72 Å². The van der Waals surface area contributed by atoms with Gasteiger partial charge in [-0.05, 0) is 0 Å². The van der Waals surface area contributed by atoms with Crippen LogP contribution in [0.25, 0.3) is 0 Å². The summed E-state index contributed by atoms with van der Waals surface area (Å²) in [4.78, 5) is 7.46. The van der Waals surface area contributed by atoms with Crippen LogP contribution in [0.5, 0.6) is 0 Å². The van der Waals surface area contributed by atoms with Crippen LogP contribution in [0.1, 0.15) is 0 Å². The fourth-order valence-electron chi connectivity index (χ4n) is 2.17. The molecule has 0 aliphatic carbocycles. The van der Waals surface area contributed by atoms with Crippen molar-refractivity contribution in [2.24, 2.45) is 0 Å². The predicted octanol–water partition coefficient (Wildman–Crippen LogP) is 0.0678. The first-order valence-corrected chi connectivity index (χ1v) is 9.06. The van der Waals surface area contributed by atoms with Gasteiger partial charge in [-0.15, -0.1) is 0 Å². The van der Waals surface area contributed by atoms with Crippen molar-refractivity contribution in [2.45, 2.75) is 0 Å². The molecule has 0 aromatic carbocycles. The molecule has 2 fully saturated rings. The van der Waals surface area contributed by atoms with Gasteiger partial charge in [-0.3, -0.25) is 0 Å². The third-order valence-corrected chi connectivity index (χ3v) is 5.73. The van der Waals surface area contributed by atoms with Crippen LogP contribution in [0.15, 0.2) is 0 Å². The Bertz CT molecular complexity index is 211. The van der Waals surface area contributed by atoms with Crippen LogP contribution >= 0.6 is 5.51 Å². The molecule has 0 radical (unpaired) electrons. The molecular weight excluding hydrogens is 236 g/mol. The van der Waals surface area contributed by atoms with E-state index in [4.69, 9.17) is 0 Å². The number of fused-ring (bicyclic) bond motifs is 2. The Labute approximate surface area is 81.9 Å². The van der Waals surface area contributed by atoms with Crippen molar-refractivity contribution in [2.75, 3.05) is 46.3 Å². The Kier molecular flexibility index (Phi) is 2.50. The van der Waals surface area contributed by atoms with Gasteiger partial charge in [-0.2, -0.15) is 0 Å². The van der Waals surface area contributed by atoms with Gasteiger partial charge in [0.1, 0.15) is 0 Å². The average molecular weight is 252 g/mol. The molecule has 0 aromatic rings. The summed E-state index contributed by atoms with van der Waals surface area (Å²) in [5.74, 6) is 0. The zero-order valence-electron chi connectivity index (χ0n) is 7.73. The summed E-state index contributed by atoms with van der Waals surface area (Å²) in [5, 5.41) is 0. The van der Waals surface area contributed by atoms with Crippen LogP contribution in [0.2, 0.25) is 0 Å². The van der Waals surface area contributed by atoms with Gasteiger partial charge in [-0.1, -0.05) is 0 Å². The minimum atomic E-state index is -0.740. The predicted molar refractivity (Wildman–Crippen MR) is 54.4 cm³/mol. The maximum atomic E-state index is 3.41. The quantitative estimate of drug-likeness (QED) is 0.446. The van der Waals surface area contributed by atoms with Crippen molar-refractivity contribution in [3.05, 3.63) is 0 Å². The summed E-state index contributed by atoms with van der Waals surface area (Å²) in [7, 11) is 2.19. The molecule has 0 aromatic heterocycles. The Balaban J connectivity index is 2.11. The molecule has 70 valence electrons. The van der Waals surface area contributed by atoms with Crippen molar-refractivity contribution < 1.29 is 0 Å². The molecule has 2 atom stereocenters. The molecule has 2 rings (SSSR count). The van der Waals surface area contributed by atoms with E-state index >= 15 is 0 Å². The molecule has 12 heavy (non-hydrogen) atoms. The third kappa shape index (κ3) is 2.01. The van der Waals surface area contributed by atoms with E-state index in [1.54, 1.807) is 0 Å². The van der Waals surface area contributed by atoms with Crippen LogP contribution in [0, 0.1) is 0 Å². The summed E-state index contributed by atoms with van der Waals surface area (Å²) in [5.41, 5.74) is -0.740. The molecule has 0 spiro atoms. The normalized spacial score (nSPS) is 49.2. The van der Waals surface area contributed by atoms with Gasteiger partial charge >= 0.3 is 81.6 Å². The van der Waals surface area contributed by atoms with Crippen LogP contribution in [0.3, 0.4) is 0 Å². The van der Waals surface area contributed by atoms with Crippen LogP contribution in [-0.4, -0.2) is 76.1 Å². The summed E-state index contributed by atoms with van der Waals surface area (Å²) >= 11 is 3.41. The molecule has 2 saturated heterocycles. The first-order chi connectivity index (χ1) is 5.55. The molecule has 3 nitrogen and oxygen atoms in total. The Morgan fingerprint density at radius 1 is 1.08 bits per heavy atom. The molecular formula is C7H16N3PSe. The second kappa shape index (κ2) is 3.20. The van der Waals surface area contributed by atoms with E-state index in [1.165, 1.54) is 19.2 Å². The summed E-state index contributed by atoms with van der Waals surface area (Å²) in [6, 6.07) is 0. The van der Waals surface area contributed by atoms with E-state index in [1.807, 2.05) is 0 Å². The number of hydrogen-bond donors (Lipinski definition) is 0. The van der Waals surface area contributed by atoms with Gasteiger partial charge in [0.2, 0.25) is 0 Å². The number of rotatable bonds is 0. The van der Waals surface area contributed by atoms with Crippen LogP contribution < -0.4 is 0 Å². The Hall–Kier alpha value is 0.829. The molecule has 0 N–H and O–H groups in total. The SMILES string of the molecule is CN1CN2CN(C1)CP(C)(=[Se])C2. The van der Waals surface area contributed by atoms with Gasteiger partial charge in [0.15, 0.2) is 0 Å². The van der Waals surface area contributed by atoms with Crippen molar-refractivity contribution >= 4 is 20.6 Å². The Morgan fingerprint density at radius 3 is 2.08 bits per heavy atom. The minimum absolute atomic E-state index is 0.740. The Morgan fingerprint density at radius 2 is 1.58 bits per heavy atom. The molecule has 2 bridgehead atoms.